The number of hydrogen-bond acceptors (Lipinski definition) is 5. The fraction of sp³-hybridized carbons (Fsp3) is 0.524. The van der Waals surface area contributed by atoms with Crippen LogP contribution in [-0.4, -0.2) is 66.5 Å². The topological polar surface area (TPSA) is 132 Å². The summed E-state index contributed by atoms with van der Waals surface area (Å²) in [5.41, 5.74) is 0. The molecule has 170 valence electrons. The first-order chi connectivity index (χ1) is 14.9. The summed E-state index contributed by atoms with van der Waals surface area (Å²) in [7, 11) is 0. The van der Waals surface area contributed by atoms with E-state index in [2.05, 4.69) is 17.2 Å². The minimum absolute atomic E-state index is 0.0145. The van der Waals surface area contributed by atoms with Crippen molar-refractivity contribution >= 4 is 29.7 Å². The smallest absolute Gasteiger partial charge is 0.404 e. The van der Waals surface area contributed by atoms with Crippen molar-refractivity contribution in [1.29, 1.82) is 0 Å². The minimum Gasteiger partial charge on any atom is -0.465 e. The summed E-state index contributed by atoms with van der Waals surface area (Å²) in [4.78, 5) is 49.2. The summed E-state index contributed by atoms with van der Waals surface area (Å²) in [5.74, 6) is 0.475. The van der Waals surface area contributed by atoms with Crippen LogP contribution in [0, 0.1) is 0 Å². The summed E-state index contributed by atoms with van der Waals surface area (Å²) in [6.07, 6.45) is 4.34. The van der Waals surface area contributed by atoms with Crippen LogP contribution in [0.15, 0.2) is 29.2 Å². The molecule has 0 aliphatic carbocycles. The van der Waals surface area contributed by atoms with E-state index in [9.17, 15) is 19.2 Å². The summed E-state index contributed by atoms with van der Waals surface area (Å²) in [6, 6.07) is 3.46. The van der Waals surface area contributed by atoms with Gasteiger partial charge in [0.2, 0.25) is 23.6 Å². The number of furan rings is 1. The van der Waals surface area contributed by atoms with E-state index in [1.54, 1.807) is 12.1 Å². The average Bonchev–Trinajstić information content (AvgIpc) is 3.22. The van der Waals surface area contributed by atoms with Gasteiger partial charge in [0.05, 0.1) is 0 Å². The monoisotopic (exact) mass is 434 g/mol. The fourth-order valence-electron chi connectivity index (χ4n) is 3.22. The van der Waals surface area contributed by atoms with E-state index in [0.29, 0.717) is 44.2 Å². The van der Waals surface area contributed by atoms with Crippen molar-refractivity contribution in [3.63, 3.8) is 0 Å². The van der Waals surface area contributed by atoms with Crippen molar-refractivity contribution in [2.75, 3.05) is 37.6 Å². The molecule has 1 aliphatic heterocycles. The van der Waals surface area contributed by atoms with Crippen molar-refractivity contribution in [2.45, 2.75) is 38.5 Å². The van der Waals surface area contributed by atoms with E-state index in [0.717, 1.165) is 25.7 Å². The van der Waals surface area contributed by atoms with Gasteiger partial charge in [-0.25, -0.2) is 4.79 Å². The molecule has 0 aromatic carbocycles. The zero-order chi connectivity index (χ0) is 22.6. The van der Waals surface area contributed by atoms with Gasteiger partial charge in [0.15, 0.2) is 0 Å². The van der Waals surface area contributed by atoms with Crippen LogP contribution in [0.25, 0.3) is 0 Å². The first kappa shape index (κ1) is 24.0. The van der Waals surface area contributed by atoms with Crippen molar-refractivity contribution in [1.82, 2.24) is 15.5 Å². The van der Waals surface area contributed by atoms with Gasteiger partial charge in [0, 0.05) is 45.1 Å². The molecule has 1 saturated heterocycles. The molecule has 1 aromatic heterocycles. The second-order valence-corrected chi connectivity index (χ2v) is 7.25. The second kappa shape index (κ2) is 12.4. The largest absolute Gasteiger partial charge is 0.465 e. The normalized spacial score (nSPS) is 13.7. The standard InChI is InChI=1S/C21H30N4O6/c1-2-18(27)24-13-14-25(19(28)15-24)20-10-8-16(31-20)7-9-17(26)22-11-5-3-4-6-12-23-21(29)30/h2,8,10,23H,1,3-7,9,11-15H2,(H,22,26)(H,29,30). The van der Waals surface area contributed by atoms with Gasteiger partial charge >= 0.3 is 6.09 Å². The number of rotatable bonds is 12. The highest BCUT2D eigenvalue weighted by Crippen LogP contribution is 2.21. The number of piperazine rings is 1. The molecule has 0 atom stereocenters. The maximum absolute atomic E-state index is 12.3. The van der Waals surface area contributed by atoms with E-state index in [1.807, 2.05) is 0 Å². The summed E-state index contributed by atoms with van der Waals surface area (Å²) in [5, 5.41) is 13.6. The second-order valence-electron chi connectivity index (χ2n) is 7.25. The SMILES string of the molecule is C=CC(=O)N1CCN(c2ccc(CCC(=O)NCCCCCCNC(=O)O)o2)C(=O)C1. The minimum atomic E-state index is -1.01. The van der Waals surface area contributed by atoms with Gasteiger partial charge in [-0.3, -0.25) is 19.3 Å². The lowest BCUT2D eigenvalue weighted by molar-refractivity contribution is -0.133. The Morgan fingerprint density at radius 1 is 1.10 bits per heavy atom. The van der Waals surface area contributed by atoms with E-state index in [1.165, 1.54) is 15.9 Å². The molecule has 2 heterocycles. The van der Waals surface area contributed by atoms with Crippen LogP contribution in [-0.2, 0) is 20.8 Å². The van der Waals surface area contributed by atoms with Gasteiger partial charge in [0.25, 0.3) is 0 Å². The molecule has 3 N–H and O–H groups in total. The molecule has 0 spiro atoms. The summed E-state index contributed by atoms with van der Waals surface area (Å²) >= 11 is 0. The number of carboxylic acid groups (broad SMARTS) is 1. The number of anilines is 1. The molecular formula is C21H30N4O6. The Labute approximate surface area is 181 Å². The molecule has 0 saturated carbocycles. The van der Waals surface area contributed by atoms with Gasteiger partial charge in [-0.1, -0.05) is 19.4 Å². The lowest BCUT2D eigenvalue weighted by atomic mass is 10.2. The third kappa shape index (κ3) is 8.15. The molecule has 1 aliphatic rings. The highest BCUT2D eigenvalue weighted by molar-refractivity contribution is 5.98. The molecule has 1 aromatic rings. The zero-order valence-corrected chi connectivity index (χ0v) is 17.6. The molecule has 4 amide bonds. The number of hydrogen-bond donors (Lipinski definition) is 3. The van der Waals surface area contributed by atoms with Gasteiger partial charge in [-0.05, 0) is 25.0 Å². The molecule has 2 rings (SSSR count). The van der Waals surface area contributed by atoms with Crippen LogP contribution in [0.4, 0.5) is 10.7 Å². The number of nitrogens with zero attached hydrogens (tertiary/aromatic N) is 2. The Morgan fingerprint density at radius 3 is 2.45 bits per heavy atom. The molecule has 0 bridgehead atoms. The van der Waals surface area contributed by atoms with E-state index < -0.39 is 6.09 Å². The Bertz CT molecular complexity index is 791. The number of carbonyl (C=O) groups excluding carboxylic acids is 3. The lowest BCUT2D eigenvalue weighted by Crippen LogP contribution is -2.52. The van der Waals surface area contributed by atoms with Crippen LogP contribution < -0.4 is 15.5 Å². The molecule has 10 nitrogen and oxygen atoms in total. The third-order valence-electron chi connectivity index (χ3n) is 4.92. The number of nitrogens with one attached hydrogen (secondary N) is 2. The molecule has 1 fully saturated rings. The first-order valence-corrected chi connectivity index (χ1v) is 10.4. The van der Waals surface area contributed by atoms with Crippen LogP contribution >= 0.6 is 0 Å². The Morgan fingerprint density at radius 2 is 1.81 bits per heavy atom. The Hall–Kier alpha value is -3.30. The van der Waals surface area contributed by atoms with E-state index in [-0.39, 0.29) is 30.7 Å². The Kier molecular flexibility index (Phi) is 9.60. The number of unbranched alkanes of at least 4 members (excludes halogenated alkanes) is 3. The van der Waals surface area contributed by atoms with Gasteiger partial charge in [0.1, 0.15) is 12.3 Å². The van der Waals surface area contributed by atoms with Crippen LogP contribution in [0.2, 0.25) is 0 Å². The van der Waals surface area contributed by atoms with Crippen LogP contribution in [0.5, 0.6) is 0 Å². The van der Waals surface area contributed by atoms with E-state index >= 15 is 0 Å². The van der Waals surface area contributed by atoms with Crippen LogP contribution in [0.1, 0.15) is 37.9 Å². The maximum atomic E-state index is 12.3. The van der Waals surface area contributed by atoms with E-state index in [4.69, 9.17) is 9.52 Å². The van der Waals surface area contributed by atoms with Crippen molar-refractivity contribution in [2.24, 2.45) is 0 Å². The summed E-state index contributed by atoms with van der Waals surface area (Å²) < 4.78 is 5.72. The first-order valence-electron chi connectivity index (χ1n) is 10.4. The fourth-order valence-corrected chi connectivity index (χ4v) is 3.22. The summed E-state index contributed by atoms with van der Waals surface area (Å²) in [6.45, 7) is 5.20. The van der Waals surface area contributed by atoms with Gasteiger partial charge in [-0.2, -0.15) is 0 Å². The quantitative estimate of drug-likeness (QED) is 0.338. The van der Waals surface area contributed by atoms with Crippen molar-refractivity contribution < 1.29 is 28.7 Å². The predicted molar refractivity (Wildman–Crippen MR) is 114 cm³/mol. The lowest BCUT2D eigenvalue weighted by Gasteiger charge is -2.32. The predicted octanol–water partition coefficient (Wildman–Crippen LogP) is 1.52. The third-order valence-corrected chi connectivity index (χ3v) is 4.92. The molecule has 0 unspecified atom stereocenters. The molecular weight excluding hydrogens is 404 g/mol. The Balaban J connectivity index is 1.63. The van der Waals surface area contributed by atoms with Gasteiger partial charge in [-0.15, -0.1) is 0 Å². The number of aryl methyl sites for hydroxylation is 1. The number of amides is 4. The van der Waals surface area contributed by atoms with Crippen molar-refractivity contribution in [3.8, 4) is 0 Å². The molecule has 31 heavy (non-hydrogen) atoms. The molecule has 10 heteroatoms. The van der Waals surface area contributed by atoms with Crippen molar-refractivity contribution in [3.05, 3.63) is 30.5 Å². The number of carbonyl (C=O) groups is 4. The molecule has 0 radical (unpaired) electrons. The highest BCUT2D eigenvalue weighted by atomic mass is 16.4. The van der Waals surface area contributed by atoms with Gasteiger partial charge < -0.3 is 25.1 Å². The van der Waals surface area contributed by atoms with Crippen LogP contribution in [0.3, 0.4) is 0 Å². The highest BCUT2D eigenvalue weighted by Gasteiger charge is 2.28. The average molecular weight is 434 g/mol. The zero-order valence-electron chi connectivity index (χ0n) is 17.6. The maximum Gasteiger partial charge on any atom is 0.404 e.